The summed E-state index contributed by atoms with van der Waals surface area (Å²) in [5.41, 5.74) is 5.63. The van der Waals surface area contributed by atoms with Crippen LogP contribution in [0, 0.1) is 0 Å². The van der Waals surface area contributed by atoms with Gasteiger partial charge in [0, 0.05) is 18.6 Å². The van der Waals surface area contributed by atoms with Crippen molar-refractivity contribution in [3.8, 4) is 0 Å². The van der Waals surface area contributed by atoms with Crippen molar-refractivity contribution < 1.29 is 4.39 Å². The van der Waals surface area contributed by atoms with E-state index in [4.69, 9.17) is 5.73 Å². The maximum absolute atomic E-state index is 13.4. The summed E-state index contributed by atoms with van der Waals surface area (Å²) in [6, 6.07) is -0.0481. The van der Waals surface area contributed by atoms with Crippen LogP contribution < -0.4 is 5.73 Å². The molecule has 2 fully saturated rings. The van der Waals surface area contributed by atoms with Crippen LogP contribution in [0.3, 0.4) is 0 Å². The molecule has 0 radical (unpaired) electrons. The maximum atomic E-state index is 13.4. The van der Waals surface area contributed by atoms with Gasteiger partial charge >= 0.3 is 0 Å². The highest BCUT2D eigenvalue weighted by molar-refractivity contribution is 4.95. The minimum absolute atomic E-state index is 0.152. The Hall–Kier alpha value is -0.150. The van der Waals surface area contributed by atoms with Crippen molar-refractivity contribution in [3.05, 3.63) is 0 Å². The van der Waals surface area contributed by atoms with E-state index in [0.717, 1.165) is 32.4 Å². The van der Waals surface area contributed by atoms with Crippen molar-refractivity contribution in [2.75, 3.05) is 13.1 Å². The number of nitrogens with zero attached hydrogens (tertiary/aromatic N) is 1. The molecule has 3 unspecified atom stereocenters. The van der Waals surface area contributed by atoms with Gasteiger partial charge in [-0.2, -0.15) is 0 Å². The van der Waals surface area contributed by atoms with Crippen LogP contribution in [0.15, 0.2) is 0 Å². The molecule has 0 spiro atoms. The number of halogens is 1. The maximum Gasteiger partial charge on any atom is 0.131 e. The molecule has 2 heterocycles. The largest absolute Gasteiger partial charge is 0.325 e. The fourth-order valence-electron chi connectivity index (χ4n) is 2.25. The second-order valence-electron chi connectivity index (χ2n) is 3.64. The minimum Gasteiger partial charge on any atom is -0.325 e. The average Bonchev–Trinajstić information content (AvgIpc) is 2.45. The lowest BCUT2D eigenvalue weighted by Crippen LogP contribution is -2.52. The second kappa shape index (κ2) is 2.72. The molecule has 0 aromatic heterocycles. The first-order chi connectivity index (χ1) is 5.29. The summed E-state index contributed by atoms with van der Waals surface area (Å²) in [6.45, 7) is 2.09. The number of hydrogen-bond donors (Lipinski definition) is 1. The molecule has 64 valence electrons. The first-order valence-corrected chi connectivity index (χ1v) is 4.43. The monoisotopic (exact) mass is 158 g/mol. The summed E-state index contributed by atoms with van der Waals surface area (Å²) in [5.74, 6) is 0. The Morgan fingerprint density at radius 3 is 2.91 bits per heavy atom. The fourth-order valence-corrected chi connectivity index (χ4v) is 2.25. The van der Waals surface area contributed by atoms with Crippen LogP contribution in [0.5, 0.6) is 0 Å². The average molecular weight is 158 g/mol. The Labute approximate surface area is 66.5 Å². The summed E-state index contributed by atoms with van der Waals surface area (Å²) in [7, 11) is 0. The van der Waals surface area contributed by atoms with Crippen LogP contribution in [0.1, 0.15) is 19.3 Å². The van der Waals surface area contributed by atoms with Gasteiger partial charge < -0.3 is 5.73 Å². The van der Waals surface area contributed by atoms with Gasteiger partial charge in [0.05, 0.1) is 0 Å². The van der Waals surface area contributed by atoms with E-state index in [-0.39, 0.29) is 12.1 Å². The first kappa shape index (κ1) is 7.50. The Balaban J connectivity index is 2.06. The molecule has 0 aromatic carbocycles. The molecule has 2 N–H and O–H groups in total. The predicted molar refractivity (Wildman–Crippen MR) is 42.1 cm³/mol. The summed E-state index contributed by atoms with van der Waals surface area (Å²) in [5, 5.41) is 0. The lowest BCUT2D eigenvalue weighted by atomic mass is 9.96. The van der Waals surface area contributed by atoms with Gasteiger partial charge in [-0.15, -0.1) is 0 Å². The molecule has 2 saturated heterocycles. The van der Waals surface area contributed by atoms with Crippen LogP contribution in [-0.2, 0) is 0 Å². The van der Waals surface area contributed by atoms with Gasteiger partial charge in [-0.1, -0.05) is 0 Å². The smallest absolute Gasteiger partial charge is 0.131 e. The Morgan fingerprint density at radius 2 is 2.09 bits per heavy atom. The quantitative estimate of drug-likeness (QED) is 0.557. The molecule has 3 atom stereocenters. The molecule has 2 nitrogen and oxygen atoms in total. The van der Waals surface area contributed by atoms with Crippen molar-refractivity contribution in [1.29, 1.82) is 0 Å². The van der Waals surface area contributed by atoms with Gasteiger partial charge in [0.1, 0.15) is 6.17 Å². The fraction of sp³-hybridized carbons (Fsp3) is 1.00. The van der Waals surface area contributed by atoms with Crippen molar-refractivity contribution >= 4 is 0 Å². The molecule has 0 saturated carbocycles. The van der Waals surface area contributed by atoms with Gasteiger partial charge in [-0.05, 0) is 25.8 Å². The van der Waals surface area contributed by atoms with Crippen LogP contribution in [0.25, 0.3) is 0 Å². The topological polar surface area (TPSA) is 29.3 Å². The van der Waals surface area contributed by atoms with Gasteiger partial charge in [-0.3, -0.25) is 4.90 Å². The van der Waals surface area contributed by atoms with E-state index in [1.165, 1.54) is 0 Å². The van der Waals surface area contributed by atoms with E-state index < -0.39 is 6.17 Å². The zero-order valence-corrected chi connectivity index (χ0v) is 6.67. The van der Waals surface area contributed by atoms with E-state index in [0.29, 0.717) is 0 Å². The van der Waals surface area contributed by atoms with Crippen LogP contribution in [0.2, 0.25) is 0 Å². The molecule has 2 aliphatic rings. The lowest BCUT2D eigenvalue weighted by Gasteiger charge is -2.36. The normalized spacial score (nSPS) is 45.8. The Kier molecular flexibility index (Phi) is 1.85. The second-order valence-corrected chi connectivity index (χ2v) is 3.64. The van der Waals surface area contributed by atoms with Gasteiger partial charge in [0.15, 0.2) is 0 Å². The van der Waals surface area contributed by atoms with Crippen LogP contribution in [-0.4, -0.2) is 36.2 Å². The van der Waals surface area contributed by atoms with E-state index in [1.807, 2.05) is 0 Å². The summed E-state index contributed by atoms with van der Waals surface area (Å²) in [4.78, 5) is 2.24. The number of rotatable bonds is 0. The third-order valence-electron chi connectivity index (χ3n) is 2.94. The predicted octanol–water partition coefficient (Wildman–Crippen LogP) is 0.520. The molecule has 0 aliphatic carbocycles. The molecule has 0 aromatic rings. The van der Waals surface area contributed by atoms with E-state index >= 15 is 0 Å². The molecule has 11 heavy (non-hydrogen) atoms. The Morgan fingerprint density at radius 1 is 1.27 bits per heavy atom. The van der Waals surface area contributed by atoms with E-state index in [2.05, 4.69) is 4.90 Å². The van der Waals surface area contributed by atoms with E-state index in [1.54, 1.807) is 0 Å². The number of piperidine rings is 1. The van der Waals surface area contributed by atoms with Gasteiger partial charge in [0.25, 0.3) is 0 Å². The zero-order valence-electron chi connectivity index (χ0n) is 6.67. The van der Waals surface area contributed by atoms with Crippen molar-refractivity contribution in [2.24, 2.45) is 5.73 Å². The molecule has 0 bridgehead atoms. The summed E-state index contributed by atoms with van der Waals surface area (Å²) >= 11 is 0. The molecular formula is C8H15FN2. The number of alkyl halides is 1. The summed E-state index contributed by atoms with van der Waals surface area (Å²) < 4.78 is 13.4. The number of hydrogen-bond acceptors (Lipinski definition) is 2. The van der Waals surface area contributed by atoms with E-state index in [9.17, 15) is 4.39 Å². The van der Waals surface area contributed by atoms with Crippen molar-refractivity contribution in [3.63, 3.8) is 0 Å². The Bertz CT molecular complexity index is 151. The zero-order chi connectivity index (χ0) is 7.84. The third kappa shape index (κ3) is 1.16. The van der Waals surface area contributed by atoms with Crippen molar-refractivity contribution in [2.45, 2.75) is 37.5 Å². The minimum atomic E-state index is -0.772. The standard InChI is InChI=1S/C8H15FN2/c9-8-6(10)3-5-11-4-1-2-7(8)11/h6-8H,1-5,10H2. The number of fused-ring (bicyclic) bond motifs is 1. The van der Waals surface area contributed by atoms with Crippen LogP contribution >= 0.6 is 0 Å². The molecular weight excluding hydrogens is 143 g/mol. The van der Waals surface area contributed by atoms with Crippen molar-refractivity contribution in [1.82, 2.24) is 4.90 Å². The highest BCUT2D eigenvalue weighted by Crippen LogP contribution is 2.28. The number of nitrogens with two attached hydrogens (primary N) is 1. The molecule has 2 rings (SSSR count). The SMILES string of the molecule is NC1CCN2CCCC2C1F. The summed E-state index contributed by atoms with van der Waals surface area (Å²) in [6.07, 6.45) is 2.22. The molecule has 0 amide bonds. The molecule has 2 aliphatic heterocycles. The third-order valence-corrected chi connectivity index (χ3v) is 2.94. The highest BCUT2D eigenvalue weighted by Gasteiger charge is 2.38. The van der Waals surface area contributed by atoms with Crippen LogP contribution in [0.4, 0.5) is 4.39 Å². The lowest BCUT2D eigenvalue weighted by molar-refractivity contribution is 0.0811. The van der Waals surface area contributed by atoms with Gasteiger partial charge in [-0.25, -0.2) is 4.39 Å². The molecule has 3 heteroatoms. The van der Waals surface area contributed by atoms with Gasteiger partial charge in [0.2, 0.25) is 0 Å². The highest BCUT2D eigenvalue weighted by atomic mass is 19.1. The first-order valence-electron chi connectivity index (χ1n) is 4.43.